The van der Waals surface area contributed by atoms with Crippen LogP contribution >= 0.6 is 0 Å². The highest BCUT2D eigenvalue weighted by Crippen LogP contribution is 2.13. The smallest absolute Gasteiger partial charge is 0.347 e. The maximum Gasteiger partial charge on any atom is 0.347 e. The molecule has 0 radical (unpaired) electrons. The summed E-state index contributed by atoms with van der Waals surface area (Å²) in [5, 5.41) is 0. The van der Waals surface area contributed by atoms with Gasteiger partial charge in [0.25, 0.3) is 6.47 Å². The molecule has 0 bridgehead atoms. The molecule has 0 saturated carbocycles. The van der Waals surface area contributed by atoms with E-state index in [2.05, 4.69) is 35.3 Å². The van der Waals surface area contributed by atoms with Crippen molar-refractivity contribution in [1.82, 2.24) is 9.80 Å². The molecule has 1 aliphatic rings. The lowest BCUT2D eigenvalue weighted by molar-refractivity contribution is -0.166. The van der Waals surface area contributed by atoms with Gasteiger partial charge in [0.05, 0.1) is 19.6 Å². The Balaban J connectivity index is -0.000000969. The van der Waals surface area contributed by atoms with Gasteiger partial charge >= 0.3 is 11.9 Å². The molecule has 0 aliphatic carbocycles. The molecule has 1 rings (SSSR count). The van der Waals surface area contributed by atoms with Gasteiger partial charge in [-0.3, -0.25) is 9.59 Å². The highest BCUT2D eigenvalue weighted by atomic mass is 16.6. The van der Waals surface area contributed by atoms with E-state index in [0.717, 1.165) is 52.0 Å². The van der Waals surface area contributed by atoms with Crippen molar-refractivity contribution in [2.75, 3.05) is 52.5 Å². The van der Waals surface area contributed by atoms with E-state index in [4.69, 9.17) is 9.47 Å². The predicted molar refractivity (Wildman–Crippen MR) is 217 cm³/mol. The number of hydrogen-bond donors (Lipinski definition) is 0. The standard InChI is InChI=1S/C25H48N2O4.C14H28O2.2C2H6/c1-4-6-7-8-9-10-11-12-13-14-15-22-30-25(29)23(3)31-24(28)16-17-27-20-18-26(5-2)19-21-27;1-2-3-4-5-6-7-8-9-10-11-12-13-16-14-15;2*1-2/h23H,4-22H2,1-3H3;14H,2-13H2,1H3;2*1-2H3. The number of carbonyl (C=O) groups excluding carboxylic acids is 3. The summed E-state index contributed by atoms with van der Waals surface area (Å²) in [7, 11) is 0. The van der Waals surface area contributed by atoms with E-state index in [1.165, 1.54) is 122 Å². The van der Waals surface area contributed by atoms with E-state index in [1.807, 2.05) is 27.7 Å². The lowest BCUT2D eigenvalue weighted by Gasteiger charge is -2.33. The van der Waals surface area contributed by atoms with Crippen molar-refractivity contribution in [2.45, 2.75) is 209 Å². The van der Waals surface area contributed by atoms with E-state index in [9.17, 15) is 14.4 Å². The van der Waals surface area contributed by atoms with Gasteiger partial charge in [-0.2, -0.15) is 0 Å². The van der Waals surface area contributed by atoms with E-state index in [0.29, 0.717) is 32.7 Å². The molecule has 1 unspecified atom stereocenters. The van der Waals surface area contributed by atoms with Crippen molar-refractivity contribution in [2.24, 2.45) is 0 Å². The normalized spacial score (nSPS) is 13.3. The Morgan fingerprint density at radius 3 is 1.33 bits per heavy atom. The number of likely N-dealkylation sites (N-methyl/N-ethyl adjacent to an activating group) is 1. The van der Waals surface area contributed by atoms with Crippen molar-refractivity contribution < 1.29 is 28.6 Å². The first-order chi connectivity index (χ1) is 25.0. The number of ether oxygens (including phenoxy) is 3. The third-order valence-corrected chi connectivity index (χ3v) is 9.11. The minimum atomic E-state index is -0.822. The zero-order chi connectivity index (χ0) is 38.6. The van der Waals surface area contributed by atoms with Gasteiger partial charge in [0.2, 0.25) is 0 Å². The Morgan fingerprint density at radius 1 is 0.569 bits per heavy atom. The molecule has 1 aliphatic heterocycles. The SMILES string of the molecule is CC.CC.CCCCCCCCCCCCCOC(=O)C(C)OC(=O)CCN1CCN(CC)CC1.CCCCCCCCCCCCCOC=O. The van der Waals surface area contributed by atoms with Crippen molar-refractivity contribution in [3.05, 3.63) is 0 Å². The van der Waals surface area contributed by atoms with E-state index in [-0.39, 0.29) is 5.97 Å². The fraction of sp³-hybridized carbons (Fsp3) is 0.930. The van der Waals surface area contributed by atoms with Gasteiger partial charge in [0.1, 0.15) is 0 Å². The van der Waals surface area contributed by atoms with Gasteiger partial charge in [0.15, 0.2) is 6.10 Å². The summed E-state index contributed by atoms with van der Waals surface area (Å²) in [6.07, 6.45) is 28.0. The zero-order valence-electron chi connectivity index (χ0n) is 35.4. The summed E-state index contributed by atoms with van der Waals surface area (Å²) in [5.41, 5.74) is 0. The molecule has 8 nitrogen and oxygen atoms in total. The Labute approximate surface area is 317 Å². The third kappa shape index (κ3) is 41.0. The number of rotatable bonds is 31. The van der Waals surface area contributed by atoms with Gasteiger partial charge in [-0.05, 0) is 26.3 Å². The van der Waals surface area contributed by atoms with Crippen LogP contribution < -0.4 is 0 Å². The number of piperazine rings is 1. The average molecular weight is 729 g/mol. The molecule has 0 aromatic rings. The Hall–Kier alpha value is -1.67. The first-order valence-electron chi connectivity index (χ1n) is 21.8. The second kappa shape index (κ2) is 46.4. The van der Waals surface area contributed by atoms with Crippen LogP contribution in [0.4, 0.5) is 0 Å². The molecule has 1 saturated heterocycles. The molecule has 0 amide bonds. The largest absolute Gasteiger partial charge is 0.468 e. The monoisotopic (exact) mass is 729 g/mol. The summed E-state index contributed by atoms with van der Waals surface area (Å²) in [4.78, 5) is 38.6. The van der Waals surface area contributed by atoms with Crippen LogP contribution in [0.15, 0.2) is 0 Å². The summed E-state index contributed by atoms with van der Waals surface area (Å²) < 4.78 is 15.2. The van der Waals surface area contributed by atoms with Crippen LogP contribution in [-0.4, -0.2) is 86.8 Å². The van der Waals surface area contributed by atoms with Crippen LogP contribution in [0.3, 0.4) is 0 Å². The van der Waals surface area contributed by atoms with Crippen molar-refractivity contribution in [1.29, 1.82) is 0 Å². The molecular weight excluding hydrogens is 640 g/mol. The van der Waals surface area contributed by atoms with Gasteiger partial charge in [0, 0.05) is 32.7 Å². The number of esters is 2. The second-order valence-corrected chi connectivity index (χ2v) is 13.4. The minimum absolute atomic E-state index is 0.322. The molecule has 51 heavy (non-hydrogen) atoms. The van der Waals surface area contributed by atoms with Crippen molar-refractivity contribution >= 4 is 18.4 Å². The maximum absolute atomic E-state index is 12.0. The molecule has 306 valence electrons. The summed E-state index contributed by atoms with van der Waals surface area (Å²) >= 11 is 0. The fourth-order valence-electron chi connectivity index (χ4n) is 5.84. The average Bonchev–Trinajstić information content (AvgIpc) is 3.16. The molecular formula is C43H88N2O6. The molecule has 8 heteroatoms. The molecule has 0 N–H and O–H groups in total. The lowest BCUT2D eigenvalue weighted by Crippen LogP contribution is -2.46. The highest BCUT2D eigenvalue weighted by Gasteiger charge is 2.21. The van der Waals surface area contributed by atoms with E-state index >= 15 is 0 Å². The number of hydrogen-bond acceptors (Lipinski definition) is 8. The molecule has 0 aromatic carbocycles. The van der Waals surface area contributed by atoms with Crippen LogP contribution in [0.25, 0.3) is 0 Å². The van der Waals surface area contributed by atoms with E-state index < -0.39 is 12.1 Å². The van der Waals surface area contributed by atoms with Gasteiger partial charge in [-0.25, -0.2) is 4.79 Å². The fourth-order valence-corrected chi connectivity index (χ4v) is 5.84. The molecule has 1 heterocycles. The predicted octanol–water partition coefficient (Wildman–Crippen LogP) is 11.3. The Kier molecular flexibility index (Phi) is 48.8. The van der Waals surface area contributed by atoms with Gasteiger partial charge < -0.3 is 24.0 Å². The third-order valence-electron chi connectivity index (χ3n) is 9.11. The minimum Gasteiger partial charge on any atom is -0.468 e. The van der Waals surface area contributed by atoms with Crippen LogP contribution in [0.2, 0.25) is 0 Å². The zero-order valence-corrected chi connectivity index (χ0v) is 35.4. The van der Waals surface area contributed by atoms with Crippen LogP contribution in [0.1, 0.15) is 203 Å². The lowest BCUT2D eigenvalue weighted by atomic mass is 10.1. The molecule has 1 atom stereocenters. The molecule has 0 spiro atoms. The first kappa shape index (κ1) is 53.7. The van der Waals surface area contributed by atoms with E-state index in [1.54, 1.807) is 6.92 Å². The molecule has 1 fully saturated rings. The number of carbonyl (C=O) groups is 3. The maximum atomic E-state index is 12.0. The number of nitrogens with zero attached hydrogens (tertiary/aromatic N) is 2. The van der Waals surface area contributed by atoms with Gasteiger partial charge in [-0.15, -0.1) is 0 Å². The Morgan fingerprint density at radius 2 is 0.941 bits per heavy atom. The highest BCUT2D eigenvalue weighted by molar-refractivity contribution is 5.79. The summed E-state index contributed by atoms with van der Waals surface area (Å²) in [6, 6.07) is 0. The first-order valence-corrected chi connectivity index (χ1v) is 21.8. The van der Waals surface area contributed by atoms with Crippen LogP contribution in [0.5, 0.6) is 0 Å². The van der Waals surface area contributed by atoms with Gasteiger partial charge in [-0.1, -0.05) is 177 Å². The summed E-state index contributed by atoms with van der Waals surface area (Å²) in [6.45, 7) is 23.7. The van der Waals surface area contributed by atoms with Crippen molar-refractivity contribution in [3.8, 4) is 0 Å². The van der Waals surface area contributed by atoms with Crippen LogP contribution in [0, 0.1) is 0 Å². The topological polar surface area (TPSA) is 85.4 Å². The van der Waals surface area contributed by atoms with Crippen molar-refractivity contribution in [3.63, 3.8) is 0 Å². The Bertz CT molecular complexity index is 700. The summed E-state index contributed by atoms with van der Waals surface area (Å²) in [5.74, 6) is -0.756. The second-order valence-electron chi connectivity index (χ2n) is 13.4. The van der Waals surface area contributed by atoms with Crippen LogP contribution in [-0.2, 0) is 28.6 Å². The quantitative estimate of drug-likeness (QED) is 0.0302. The number of unbranched alkanes of at least 4 members (excludes halogenated alkanes) is 20. The molecule has 0 aromatic heterocycles.